The summed E-state index contributed by atoms with van der Waals surface area (Å²) in [5.41, 5.74) is 0.876. The molecule has 1 aromatic rings. The molecule has 0 aromatic carbocycles. The van der Waals surface area contributed by atoms with Crippen molar-refractivity contribution in [3.05, 3.63) is 29.0 Å². The first-order valence-electron chi connectivity index (χ1n) is 5.80. The lowest BCUT2D eigenvalue weighted by Gasteiger charge is -2.33. The molecule has 1 aliphatic heterocycles. The molecule has 18 heavy (non-hydrogen) atoms. The second kappa shape index (κ2) is 5.35. The van der Waals surface area contributed by atoms with Gasteiger partial charge in [0.25, 0.3) is 0 Å². The van der Waals surface area contributed by atoms with Crippen molar-refractivity contribution in [2.24, 2.45) is 0 Å². The Morgan fingerprint density at radius 2 is 1.94 bits per heavy atom. The van der Waals surface area contributed by atoms with Crippen LogP contribution in [0.25, 0.3) is 0 Å². The molecule has 2 rings (SSSR count). The molecule has 0 N–H and O–H groups in total. The van der Waals surface area contributed by atoms with Gasteiger partial charge in [0.1, 0.15) is 5.15 Å². The molecule has 5 nitrogen and oxygen atoms in total. The number of amides is 2. The molecule has 0 saturated carbocycles. The van der Waals surface area contributed by atoms with Gasteiger partial charge in [0.05, 0.1) is 0 Å². The number of piperazine rings is 1. The van der Waals surface area contributed by atoms with Crippen LogP contribution < -0.4 is 0 Å². The van der Waals surface area contributed by atoms with E-state index in [2.05, 4.69) is 4.98 Å². The fourth-order valence-electron chi connectivity index (χ4n) is 1.93. The molecular weight excluding hydrogens is 254 g/mol. The molecule has 1 saturated heterocycles. The van der Waals surface area contributed by atoms with E-state index in [9.17, 15) is 9.59 Å². The summed E-state index contributed by atoms with van der Waals surface area (Å²) in [5.74, 6) is -0.875. The Morgan fingerprint density at radius 3 is 2.61 bits per heavy atom. The predicted octanol–water partition coefficient (Wildman–Crippen LogP) is 0.926. The van der Waals surface area contributed by atoms with Gasteiger partial charge < -0.3 is 9.80 Å². The first kappa shape index (κ1) is 12.8. The van der Waals surface area contributed by atoms with Crippen LogP contribution in [0, 0.1) is 0 Å². The van der Waals surface area contributed by atoms with Crippen molar-refractivity contribution in [3.8, 4) is 0 Å². The maximum atomic E-state index is 11.9. The molecule has 0 radical (unpaired) electrons. The van der Waals surface area contributed by atoms with Gasteiger partial charge in [-0.2, -0.15) is 0 Å². The summed E-state index contributed by atoms with van der Waals surface area (Å²) in [5, 5.41) is 0.387. The van der Waals surface area contributed by atoms with Crippen molar-refractivity contribution in [1.29, 1.82) is 0 Å². The molecule has 0 atom stereocenters. The Labute approximate surface area is 110 Å². The molecular formula is C12H14ClN3O2. The topological polar surface area (TPSA) is 53.5 Å². The SMILES string of the molecule is CCN1CCN(Cc2ccnc(Cl)c2)C(=O)C1=O. The summed E-state index contributed by atoms with van der Waals surface area (Å²) in [6.07, 6.45) is 1.59. The van der Waals surface area contributed by atoms with Crippen molar-refractivity contribution in [2.75, 3.05) is 19.6 Å². The number of nitrogens with zero attached hydrogens (tertiary/aromatic N) is 3. The molecule has 0 spiro atoms. The molecule has 1 fully saturated rings. The predicted molar refractivity (Wildman–Crippen MR) is 66.9 cm³/mol. The number of halogens is 1. The van der Waals surface area contributed by atoms with Crippen LogP contribution in [0.3, 0.4) is 0 Å². The van der Waals surface area contributed by atoms with Crippen LogP contribution in [0.4, 0.5) is 0 Å². The third-order valence-corrected chi connectivity index (χ3v) is 3.15. The van der Waals surface area contributed by atoms with Crippen LogP contribution in [-0.4, -0.2) is 46.2 Å². The van der Waals surface area contributed by atoms with Gasteiger partial charge in [-0.25, -0.2) is 4.98 Å². The summed E-state index contributed by atoms with van der Waals surface area (Å²) in [6, 6.07) is 3.49. The highest BCUT2D eigenvalue weighted by Gasteiger charge is 2.31. The number of hydrogen-bond acceptors (Lipinski definition) is 3. The monoisotopic (exact) mass is 267 g/mol. The smallest absolute Gasteiger partial charge is 0.312 e. The van der Waals surface area contributed by atoms with Crippen molar-refractivity contribution < 1.29 is 9.59 Å². The second-order valence-corrected chi connectivity index (χ2v) is 4.49. The Hall–Kier alpha value is -1.62. The Kier molecular flexibility index (Phi) is 3.81. The molecule has 2 heterocycles. The van der Waals surface area contributed by atoms with E-state index < -0.39 is 11.8 Å². The molecule has 6 heteroatoms. The van der Waals surface area contributed by atoms with Crippen LogP contribution in [0.1, 0.15) is 12.5 Å². The van der Waals surface area contributed by atoms with E-state index in [0.717, 1.165) is 5.56 Å². The van der Waals surface area contributed by atoms with E-state index in [1.807, 2.05) is 6.92 Å². The summed E-state index contributed by atoms with van der Waals surface area (Å²) in [4.78, 5) is 30.6. The first-order chi connectivity index (χ1) is 8.61. The lowest BCUT2D eigenvalue weighted by atomic mass is 10.2. The zero-order valence-corrected chi connectivity index (χ0v) is 10.9. The number of pyridine rings is 1. The van der Waals surface area contributed by atoms with Crippen LogP contribution in [-0.2, 0) is 16.1 Å². The van der Waals surface area contributed by atoms with Gasteiger partial charge in [-0.3, -0.25) is 9.59 Å². The second-order valence-electron chi connectivity index (χ2n) is 4.10. The minimum Gasteiger partial charge on any atom is -0.333 e. The number of carbonyl (C=O) groups excluding carboxylic acids is 2. The van der Waals surface area contributed by atoms with Gasteiger partial charge in [-0.05, 0) is 24.6 Å². The highest BCUT2D eigenvalue weighted by atomic mass is 35.5. The molecule has 2 amide bonds. The van der Waals surface area contributed by atoms with Crippen LogP contribution in [0.5, 0.6) is 0 Å². The standard InChI is InChI=1S/C12H14ClN3O2/c1-2-15-5-6-16(12(18)11(15)17)8-9-3-4-14-10(13)7-9/h3-4,7H,2,5-6,8H2,1H3. The highest BCUT2D eigenvalue weighted by Crippen LogP contribution is 2.12. The van der Waals surface area contributed by atoms with Crippen molar-refractivity contribution in [2.45, 2.75) is 13.5 Å². The first-order valence-corrected chi connectivity index (χ1v) is 6.18. The van der Waals surface area contributed by atoms with E-state index in [1.165, 1.54) is 0 Å². The number of rotatable bonds is 3. The van der Waals surface area contributed by atoms with Crippen molar-refractivity contribution >= 4 is 23.4 Å². The van der Waals surface area contributed by atoms with Crippen LogP contribution in [0.15, 0.2) is 18.3 Å². The number of aromatic nitrogens is 1. The Morgan fingerprint density at radius 1 is 1.28 bits per heavy atom. The summed E-state index contributed by atoms with van der Waals surface area (Å²) < 4.78 is 0. The minimum atomic E-state index is -0.448. The fraction of sp³-hybridized carbons (Fsp3) is 0.417. The maximum Gasteiger partial charge on any atom is 0.312 e. The summed E-state index contributed by atoms with van der Waals surface area (Å²) in [7, 11) is 0. The molecule has 0 unspecified atom stereocenters. The van der Waals surface area contributed by atoms with E-state index >= 15 is 0 Å². The van der Waals surface area contributed by atoms with Gasteiger partial charge >= 0.3 is 11.8 Å². The van der Waals surface area contributed by atoms with Crippen molar-refractivity contribution in [1.82, 2.24) is 14.8 Å². The average Bonchev–Trinajstić information content (AvgIpc) is 2.35. The minimum absolute atomic E-state index is 0.387. The zero-order valence-electron chi connectivity index (χ0n) is 10.1. The fourth-order valence-corrected chi connectivity index (χ4v) is 2.13. The van der Waals surface area contributed by atoms with Gasteiger partial charge in [-0.1, -0.05) is 11.6 Å². The molecule has 0 aliphatic carbocycles. The number of likely N-dealkylation sites (N-methyl/N-ethyl adjacent to an activating group) is 1. The van der Waals surface area contributed by atoms with Crippen LogP contribution in [0.2, 0.25) is 5.15 Å². The summed E-state index contributed by atoms with van der Waals surface area (Å²) in [6.45, 7) is 3.96. The average molecular weight is 268 g/mol. The summed E-state index contributed by atoms with van der Waals surface area (Å²) >= 11 is 5.78. The van der Waals surface area contributed by atoms with E-state index in [1.54, 1.807) is 28.1 Å². The maximum absolute atomic E-state index is 11.9. The van der Waals surface area contributed by atoms with E-state index in [-0.39, 0.29) is 0 Å². The molecule has 1 aliphatic rings. The van der Waals surface area contributed by atoms with Crippen molar-refractivity contribution in [3.63, 3.8) is 0 Å². The molecule has 96 valence electrons. The Balaban J connectivity index is 2.07. The molecule has 1 aromatic heterocycles. The third kappa shape index (κ3) is 2.61. The lowest BCUT2D eigenvalue weighted by molar-refractivity contribution is -0.156. The number of carbonyl (C=O) groups is 2. The third-order valence-electron chi connectivity index (χ3n) is 2.94. The number of hydrogen-bond donors (Lipinski definition) is 0. The van der Waals surface area contributed by atoms with Gasteiger partial charge in [0, 0.05) is 32.4 Å². The largest absolute Gasteiger partial charge is 0.333 e. The van der Waals surface area contributed by atoms with Gasteiger partial charge in [-0.15, -0.1) is 0 Å². The van der Waals surface area contributed by atoms with Gasteiger partial charge in [0.15, 0.2) is 0 Å². The normalized spacial score (nSPS) is 16.3. The zero-order chi connectivity index (χ0) is 13.1. The van der Waals surface area contributed by atoms with Crippen LogP contribution >= 0.6 is 11.6 Å². The van der Waals surface area contributed by atoms with E-state index in [4.69, 9.17) is 11.6 Å². The Bertz CT molecular complexity index is 478. The molecule has 0 bridgehead atoms. The van der Waals surface area contributed by atoms with E-state index in [0.29, 0.717) is 31.3 Å². The quantitative estimate of drug-likeness (QED) is 0.605. The lowest BCUT2D eigenvalue weighted by Crippen LogP contribution is -2.53. The van der Waals surface area contributed by atoms with Gasteiger partial charge in [0.2, 0.25) is 0 Å². The highest BCUT2D eigenvalue weighted by molar-refractivity contribution is 6.35.